The van der Waals surface area contributed by atoms with Crippen molar-refractivity contribution in [1.29, 1.82) is 0 Å². The molecule has 0 bridgehead atoms. The maximum atomic E-state index is 13.0. The SMILES string of the molecule is CN(C)N(C(=O)NC1=CCC(C(F)(F)F)C(Cl)=C1)C1c2ccccc2CC1C(=O)O. The van der Waals surface area contributed by atoms with E-state index in [9.17, 15) is 27.9 Å². The van der Waals surface area contributed by atoms with E-state index in [1.54, 1.807) is 32.3 Å². The van der Waals surface area contributed by atoms with Gasteiger partial charge in [0, 0.05) is 24.8 Å². The first-order valence-electron chi connectivity index (χ1n) is 9.22. The number of hydrazine groups is 1. The molecule has 0 fully saturated rings. The lowest BCUT2D eigenvalue weighted by Crippen LogP contribution is -2.51. The molecule has 162 valence electrons. The number of carboxylic acids is 1. The summed E-state index contributed by atoms with van der Waals surface area (Å²) in [5, 5.41) is 14.6. The Hall–Kier alpha value is -2.52. The molecule has 30 heavy (non-hydrogen) atoms. The molecule has 0 aliphatic heterocycles. The van der Waals surface area contributed by atoms with E-state index in [-0.39, 0.29) is 18.5 Å². The minimum Gasteiger partial charge on any atom is -0.481 e. The summed E-state index contributed by atoms with van der Waals surface area (Å²) in [6.45, 7) is 0. The van der Waals surface area contributed by atoms with Gasteiger partial charge in [-0.1, -0.05) is 41.9 Å². The predicted molar refractivity (Wildman–Crippen MR) is 104 cm³/mol. The summed E-state index contributed by atoms with van der Waals surface area (Å²) >= 11 is 5.79. The quantitative estimate of drug-likeness (QED) is 0.688. The number of allylic oxidation sites excluding steroid dienone is 3. The number of rotatable bonds is 4. The summed E-state index contributed by atoms with van der Waals surface area (Å²) in [5.41, 5.74) is 1.69. The van der Waals surface area contributed by atoms with E-state index in [0.717, 1.165) is 17.2 Å². The average molecular weight is 444 g/mol. The van der Waals surface area contributed by atoms with Crippen LogP contribution in [-0.2, 0) is 11.2 Å². The highest BCUT2D eigenvalue weighted by Crippen LogP contribution is 2.42. The second-order valence-electron chi connectivity index (χ2n) is 7.43. The molecule has 3 unspecified atom stereocenters. The molecule has 2 N–H and O–H groups in total. The second-order valence-corrected chi connectivity index (χ2v) is 7.87. The summed E-state index contributed by atoms with van der Waals surface area (Å²) in [6, 6.07) is 5.74. The van der Waals surface area contributed by atoms with Crippen LogP contribution >= 0.6 is 11.6 Å². The number of alkyl halides is 3. The molecule has 1 aromatic carbocycles. The number of fused-ring (bicyclic) bond motifs is 1. The summed E-state index contributed by atoms with van der Waals surface area (Å²) < 4.78 is 38.9. The van der Waals surface area contributed by atoms with Crippen molar-refractivity contribution >= 4 is 23.6 Å². The number of nitrogens with one attached hydrogen (secondary N) is 1. The number of benzene rings is 1. The minimum absolute atomic E-state index is 0.135. The monoisotopic (exact) mass is 443 g/mol. The molecular weight excluding hydrogens is 423 g/mol. The maximum Gasteiger partial charge on any atom is 0.396 e. The fourth-order valence-corrected chi connectivity index (χ4v) is 4.21. The zero-order valence-corrected chi connectivity index (χ0v) is 17.0. The van der Waals surface area contributed by atoms with Crippen molar-refractivity contribution in [2.45, 2.75) is 25.1 Å². The lowest BCUT2D eigenvalue weighted by Gasteiger charge is -2.37. The topological polar surface area (TPSA) is 72.9 Å². The van der Waals surface area contributed by atoms with Crippen molar-refractivity contribution in [2.24, 2.45) is 11.8 Å². The molecule has 3 atom stereocenters. The molecule has 0 radical (unpaired) electrons. The number of urea groups is 1. The largest absolute Gasteiger partial charge is 0.481 e. The molecule has 0 spiro atoms. The third kappa shape index (κ3) is 4.32. The maximum absolute atomic E-state index is 13.0. The van der Waals surface area contributed by atoms with Crippen molar-refractivity contribution in [3.8, 4) is 0 Å². The number of halogens is 4. The highest BCUT2D eigenvalue weighted by Gasteiger charge is 2.45. The van der Waals surface area contributed by atoms with E-state index in [4.69, 9.17) is 11.6 Å². The van der Waals surface area contributed by atoms with Crippen molar-refractivity contribution in [3.63, 3.8) is 0 Å². The van der Waals surface area contributed by atoms with Gasteiger partial charge >= 0.3 is 18.2 Å². The molecule has 10 heteroatoms. The fourth-order valence-electron chi connectivity index (χ4n) is 3.88. The third-order valence-corrected chi connectivity index (χ3v) is 5.63. The Bertz CT molecular complexity index is 914. The zero-order valence-electron chi connectivity index (χ0n) is 16.3. The summed E-state index contributed by atoms with van der Waals surface area (Å²) in [7, 11) is 3.19. The van der Waals surface area contributed by atoms with Gasteiger partial charge in [0.25, 0.3) is 0 Å². The van der Waals surface area contributed by atoms with Gasteiger partial charge in [-0.2, -0.15) is 13.2 Å². The van der Waals surface area contributed by atoms with Gasteiger partial charge in [0.05, 0.1) is 17.9 Å². The Morgan fingerprint density at radius 3 is 2.47 bits per heavy atom. The van der Waals surface area contributed by atoms with Crippen LogP contribution in [0, 0.1) is 11.8 Å². The molecule has 0 aromatic heterocycles. The van der Waals surface area contributed by atoms with Crippen LogP contribution in [-0.4, -0.2) is 47.4 Å². The van der Waals surface area contributed by atoms with Gasteiger partial charge in [0.1, 0.15) is 0 Å². The van der Waals surface area contributed by atoms with Crippen LogP contribution in [0.15, 0.2) is 47.1 Å². The standard InChI is InChI=1S/C20H21ClF3N3O3/c1-26(2)27(17-13-6-4-3-5-11(13)9-14(17)18(28)29)19(30)25-12-7-8-15(16(21)10-12)20(22,23)24/h3-7,10,14-15,17H,8-9H2,1-2H3,(H,25,30)(H,28,29). The summed E-state index contributed by atoms with van der Waals surface area (Å²) in [4.78, 5) is 24.9. The molecule has 0 saturated heterocycles. The van der Waals surface area contributed by atoms with E-state index >= 15 is 0 Å². The van der Waals surface area contributed by atoms with E-state index in [0.29, 0.717) is 0 Å². The van der Waals surface area contributed by atoms with E-state index in [2.05, 4.69) is 5.32 Å². The highest BCUT2D eigenvalue weighted by molar-refractivity contribution is 6.30. The van der Waals surface area contributed by atoms with Crippen LogP contribution in [0.2, 0.25) is 0 Å². The van der Waals surface area contributed by atoms with Crippen LogP contribution < -0.4 is 5.32 Å². The lowest BCUT2D eigenvalue weighted by molar-refractivity contribution is -0.161. The van der Waals surface area contributed by atoms with Gasteiger partial charge in [-0.05, 0) is 30.0 Å². The predicted octanol–water partition coefficient (Wildman–Crippen LogP) is 4.06. The number of nitrogens with zero attached hydrogens (tertiary/aromatic N) is 2. The van der Waals surface area contributed by atoms with E-state index in [1.165, 1.54) is 16.1 Å². The number of carbonyl (C=O) groups is 2. The molecular formula is C20H21ClF3N3O3. The van der Waals surface area contributed by atoms with Crippen molar-refractivity contribution in [2.75, 3.05) is 14.1 Å². The molecule has 2 amide bonds. The van der Waals surface area contributed by atoms with Crippen LogP contribution in [0.5, 0.6) is 0 Å². The zero-order chi connectivity index (χ0) is 22.2. The Kier molecular flexibility index (Phi) is 6.14. The van der Waals surface area contributed by atoms with Crippen molar-refractivity contribution < 1.29 is 27.9 Å². The smallest absolute Gasteiger partial charge is 0.396 e. The van der Waals surface area contributed by atoms with Gasteiger partial charge in [0.2, 0.25) is 0 Å². The minimum atomic E-state index is -4.47. The van der Waals surface area contributed by atoms with E-state index in [1.807, 2.05) is 6.07 Å². The van der Waals surface area contributed by atoms with Crippen molar-refractivity contribution in [1.82, 2.24) is 15.3 Å². The first-order valence-corrected chi connectivity index (χ1v) is 9.60. The summed E-state index contributed by atoms with van der Waals surface area (Å²) in [5.74, 6) is -3.70. The Labute approximate surface area is 176 Å². The van der Waals surface area contributed by atoms with Gasteiger partial charge in [-0.25, -0.2) is 14.8 Å². The second kappa shape index (κ2) is 8.31. The van der Waals surface area contributed by atoms with Gasteiger partial charge in [0.15, 0.2) is 0 Å². The highest BCUT2D eigenvalue weighted by atomic mass is 35.5. The van der Waals surface area contributed by atoms with Gasteiger partial charge < -0.3 is 10.4 Å². The van der Waals surface area contributed by atoms with Crippen molar-refractivity contribution in [3.05, 3.63) is 58.3 Å². The first kappa shape index (κ1) is 22.2. The molecule has 0 saturated carbocycles. The molecule has 2 aliphatic carbocycles. The fraction of sp³-hybridized carbons (Fsp3) is 0.400. The van der Waals surface area contributed by atoms with Crippen LogP contribution in [0.25, 0.3) is 0 Å². The number of carbonyl (C=O) groups excluding carboxylic acids is 1. The number of carboxylic acid groups (broad SMARTS) is 1. The summed E-state index contributed by atoms with van der Waals surface area (Å²) in [6.07, 6.45) is -2.26. The van der Waals surface area contributed by atoms with Gasteiger partial charge in [-0.3, -0.25) is 4.79 Å². The molecule has 3 rings (SSSR count). The third-order valence-electron chi connectivity index (χ3n) is 5.26. The molecule has 1 aromatic rings. The van der Waals surface area contributed by atoms with Crippen LogP contribution in [0.1, 0.15) is 23.6 Å². The van der Waals surface area contributed by atoms with E-state index < -0.39 is 41.1 Å². The normalized spacial score (nSPS) is 23.5. The Morgan fingerprint density at radius 1 is 1.23 bits per heavy atom. The Balaban J connectivity index is 1.86. The molecule has 6 nitrogen and oxygen atoms in total. The van der Waals surface area contributed by atoms with Crippen LogP contribution in [0.4, 0.5) is 18.0 Å². The lowest BCUT2D eigenvalue weighted by atomic mass is 9.98. The first-order chi connectivity index (χ1) is 14.0. The van der Waals surface area contributed by atoms with Crippen LogP contribution in [0.3, 0.4) is 0 Å². The average Bonchev–Trinajstić information content (AvgIpc) is 3.00. The number of amides is 2. The number of hydrogen-bond acceptors (Lipinski definition) is 3. The van der Waals surface area contributed by atoms with Gasteiger partial charge in [-0.15, -0.1) is 0 Å². The number of aliphatic carboxylic acids is 1. The Morgan fingerprint density at radius 2 is 1.90 bits per heavy atom. The molecule has 2 aliphatic rings. The molecule has 0 heterocycles. The number of hydrogen-bond donors (Lipinski definition) is 2.